The highest BCUT2D eigenvalue weighted by Crippen LogP contribution is 2.10. The Kier molecular flexibility index (Phi) is 3.10. The molecule has 0 amide bonds. The molecule has 1 aromatic rings. The molecule has 0 fully saturated rings. The van der Waals surface area contributed by atoms with Crippen LogP contribution in [0.1, 0.15) is 15.5 Å². The molecule has 1 heterocycles. The van der Waals surface area contributed by atoms with E-state index in [4.69, 9.17) is 9.84 Å². The van der Waals surface area contributed by atoms with E-state index in [-0.39, 0.29) is 12.3 Å². The fourth-order valence-corrected chi connectivity index (χ4v) is 1.46. The average molecular weight is 201 g/mol. The van der Waals surface area contributed by atoms with E-state index < -0.39 is 11.8 Å². The van der Waals surface area contributed by atoms with E-state index in [0.717, 1.165) is 0 Å². The highest BCUT2D eigenvalue weighted by atomic mass is 32.1. The number of hydrogen-bond acceptors (Lipinski definition) is 5. The standard InChI is InChI=1S/C7H7NO4S/c1-12-2-5-8-4(3-13-5)6(9)7(10)11/h3H,2H2,1H3,(H,10,11). The lowest BCUT2D eigenvalue weighted by molar-refractivity contribution is -0.131. The third kappa shape index (κ3) is 2.33. The van der Waals surface area contributed by atoms with Crippen LogP contribution in [0.15, 0.2) is 5.38 Å². The number of rotatable bonds is 4. The Morgan fingerprint density at radius 2 is 2.38 bits per heavy atom. The highest BCUT2D eigenvalue weighted by molar-refractivity contribution is 7.09. The van der Waals surface area contributed by atoms with Crippen molar-refractivity contribution in [1.29, 1.82) is 0 Å². The number of nitrogens with zero attached hydrogens (tertiary/aromatic N) is 1. The molecule has 0 unspecified atom stereocenters. The Morgan fingerprint density at radius 1 is 1.69 bits per heavy atom. The van der Waals surface area contributed by atoms with E-state index in [9.17, 15) is 9.59 Å². The summed E-state index contributed by atoms with van der Waals surface area (Å²) in [5.41, 5.74) is -0.0375. The van der Waals surface area contributed by atoms with Gasteiger partial charge in [-0.2, -0.15) is 0 Å². The quantitative estimate of drug-likeness (QED) is 0.568. The molecule has 1 N–H and O–H groups in total. The number of hydrogen-bond donors (Lipinski definition) is 1. The minimum absolute atomic E-state index is 0.0375. The van der Waals surface area contributed by atoms with Crippen LogP contribution in [0.4, 0.5) is 0 Å². The number of carbonyl (C=O) groups is 2. The van der Waals surface area contributed by atoms with Crippen molar-refractivity contribution in [3.8, 4) is 0 Å². The second kappa shape index (κ2) is 4.11. The molecular weight excluding hydrogens is 194 g/mol. The Morgan fingerprint density at radius 3 is 2.92 bits per heavy atom. The van der Waals surface area contributed by atoms with Gasteiger partial charge >= 0.3 is 5.97 Å². The van der Waals surface area contributed by atoms with Crippen molar-refractivity contribution >= 4 is 23.1 Å². The number of aromatic nitrogens is 1. The molecule has 0 atom stereocenters. The van der Waals surface area contributed by atoms with Crippen LogP contribution in [0.2, 0.25) is 0 Å². The topological polar surface area (TPSA) is 76.5 Å². The fraction of sp³-hybridized carbons (Fsp3) is 0.286. The summed E-state index contributed by atoms with van der Waals surface area (Å²) in [6, 6.07) is 0. The maximum absolute atomic E-state index is 10.9. The van der Waals surface area contributed by atoms with Gasteiger partial charge in [-0.1, -0.05) is 0 Å². The van der Waals surface area contributed by atoms with Crippen LogP contribution in [-0.4, -0.2) is 29.0 Å². The molecule has 0 aromatic carbocycles. The fourth-order valence-electron chi connectivity index (χ4n) is 0.715. The van der Waals surface area contributed by atoms with Crippen LogP contribution >= 0.6 is 11.3 Å². The van der Waals surface area contributed by atoms with Crippen LogP contribution in [0.5, 0.6) is 0 Å². The number of carboxylic acids is 1. The van der Waals surface area contributed by atoms with Gasteiger partial charge in [-0.05, 0) is 0 Å². The number of thiazole rings is 1. The molecule has 1 rings (SSSR count). The van der Waals surface area contributed by atoms with Gasteiger partial charge in [0.25, 0.3) is 5.78 Å². The number of carboxylic acid groups (broad SMARTS) is 1. The largest absolute Gasteiger partial charge is 0.475 e. The predicted octanol–water partition coefficient (Wildman–Crippen LogP) is 0.557. The van der Waals surface area contributed by atoms with Crippen molar-refractivity contribution in [1.82, 2.24) is 4.98 Å². The second-order valence-electron chi connectivity index (χ2n) is 2.19. The molecule has 1 aromatic heterocycles. The molecule has 0 saturated heterocycles. The number of aliphatic carboxylic acids is 1. The first-order valence-electron chi connectivity index (χ1n) is 3.36. The molecule has 0 saturated carbocycles. The van der Waals surface area contributed by atoms with E-state index in [2.05, 4.69) is 4.98 Å². The van der Waals surface area contributed by atoms with Crippen LogP contribution in [0.25, 0.3) is 0 Å². The zero-order valence-corrected chi connectivity index (χ0v) is 7.63. The summed E-state index contributed by atoms with van der Waals surface area (Å²) < 4.78 is 4.77. The maximum atomic E-state index is 10.9. The molecule has 6 heteroatoms. The summed E-state index contributed by atoms with van der Waals surface area (Å²) in [5.74, 6) is -2.48. The second-order valence-corrected chi connectivity index (χ2v) is 3.14. The van der Waals surface area contributed by atoms with Gasteiger partial charge in [-0.3, -0.25) is 4.79 Å². The summed E-state index contributed by atoms with van der Waals surface area (Å²) in [6.45, 7) is 0.289. The van der Waals surface area contributed by atoms with Gasteiger partial charge in [-0.15, -0.1) is 11.3 Å². The van der Waals surface area contributed by atoms with Crippen molar-refractivity contribution in [2.75, 3.05) is 7.11 Å². The Hall–Kier alpha value is -1.27. The molecule has 0 aliphatic carbocycles. The minimum atomic E-state index is -1.49. The molecule has 0 spiro atoms. The van der Waals surface area contributed by atoms with Crippen molar-refractivity contribution in [3.63, 3.8) is 0 Å². The van der Waals surface area contributed by atoms with E-state index in [1.807, 2.05) is 0 Å². The lowest BCUT2D eigenvalue weighted by atomic mass is 10.3. The van der Waals surface area contributed by atoms with Crippen molar-refractivity contribution in [2.45, 2.75) is 6.61 Å². The Labute approximate surface area is 78.0 Å². The van der Waals surface area contributed by atoms with Gasteiger partial charge in [0.1, 0.15) is 10.7 Å². The molecular formula is C7H7NO4S. The van der Waals surface area contributed by atoms with E-state index in [1.165, 1.54) is 23.8 Å². The predicted molar refractivity (Wildman–Crippen MR) is 44.8 cm³/mol. The van der Waals surface area contributed by atoms with Crippen LogP contribution in [0, 0.1) is 0 Å². The summed E-state index contributed by atoms with van der Waals surface area (Å²) in [7, 11) is 1.50. The normalized spacial score (nSPS) is 9.92. The molecule has 5 nitrogen and oxygen atoms in total. The van der Waals surface area contributed by atoms with Crippen molar-refractivity contribution in [2.24, 2.45) is 0 Å². The SMILES string of the molecule is COCc1nc(C(=O)C(=O)O)cs1. The van der Waals surface area contributed by atoms with E-state index >= 15 is 0 Å². The number of methoxy groups -OCH3 is 1. The van der Waals surface area contributed by atoms with Crippen LogP contribution < -0.4 is 0 Å². The number of Topliss-reactive ketones (excluding diaryl/α,β-unsaturated/α-hetero) is 1. The molecule has 70 valence electrons. The molecule has 0 radical (unpaired) electrons. The number of ketones is 1. The van der Waals surface area contributed by atoms with Gasteiger partial charge < -0.3 is 9.84 Å². The van der Waals surface area contributed by atoms with Crippen LogP contribution in [0.3, 0.4) is 0 Å². The third-order valence-corrected chi connectivity index (χ3v) is 2.07. The zero-order chi connectivity index (χ0) is 9.84. The smallest absolute Gasteiger partial charge is 0.378 e. The van der Waals surface area contributed by atoms with E-state index in [1.54, 1.807) is 0 Å². The van der Waals surface area contributed by atoms with Gasteiger partial charge in [0, 0.05) is 12.5 Å². The molecule has 13 heavy (non-hydrogen) atoms. The van der Waals surface area contributed by atoms with Gasteiger partial charge in [0.05, 0.1) is 6.61 Å². The molecule has 0 aliphatic heterocycles. The first kappa shape index (κ1) is 9.82. The molecule has 0 aliphatic rings. The van der Waals surface area contributed by atoms with Crippen molar-refractivity contribution < 1.29 is 19.4 Å². The Bertz CT molecular complexity index is 333. The summed E-state index contributed by atoms with van der Waals surface area (Å²) >= 11 is 1.20. The first-order valence-corrected chi connectivity index (χ1v) is 4.24. The summed E-state index contributed by atoms with van der Waals surface area (Å²) in [5, 5.41) is 10.4. The lowest BCUT2D eigenvalue weighted by Crippen LogP contribution is -2.13. The number of ether oxygens (including phenoxy) is 1. The third-order valence-electron chi connectivity index (χ3n) is 1.25. The average Bonchev–Trinajstić information content (AvgIpc) is 2.52. The van der Waals surface area contributed by atoms with E-state index in [0.29, 0.717) is 5.01 Å². The number of carbonyl (C=O) groups excluding carboxylic acids is 1. The minimum Gasteiger partial charge on any atom is -0.475 e. The Balaban J connectivity index is 2.79. The van der Waals surface area contributed by atoms with Crippen molar-refractivity contribution in [3.05, 3.63) is 16.1 Å². The lowest BCUT2D eigenvalue weighted by Gasteiger charge is -1.90. The van der Waals surface area contributed by atoms with Gasteiger partial charge in [0.15, 0.2) is 0 Å². The monoisotopic (exact) mass is 201 g/mol. The van der Waals surface area contributed by atoms with Gasteiger partial charge in [-0.25, -0.2) is 9.78 Å². The maximum Gasteiger partial charge on any atom is 0.378 e. The van der Waals surface area contributed by atoms with Crippen LogP contribution in [-0.2, 0) is 16.1 Å². The summed E-state index contributed by atoms with van der Waals surface area (Å²) in [6.07, 6.45) is 0. The highest BCUT2D eigenvalue weighted by Gasteiger charge is 2.17. The van der Waals surface area contributed by atoms with Gasteiger partial charge in [0.2, 0.25) is 0 Å². The summed E-state index contributed by atoms with van der Waals surface area (Å²) in [4.78, 5) is 24.9. The zero-order valence-electron chi connectivity index (χ0n) is 6.81. The molecule has 0 bridgehead atoms. The first-order chi connectivity index (χ1) is 6.15.